The van der Waals surface area contributed by atoms with E-state index in [9.17, 15) is 9.59 Å². The Hall–Kier alpha value is -1.16. The first-order chi connectivity index (χ1) is 8.08. The number of carbonyl (C=O) groups excluding carboxylic acids is 2. The Labute approximate surface area is 109 Å². The molecule has 1 aromatic rings. The summed E-state index contributed by atoms with van der Waals surface area (Å²) in [5.74, 6) is -0.601. The van der Waals surface area contributed by atoms with Crippen LogP contribution in [0.4, 0.5) is 0 Å². The van der Waals surface area contributed by atoms with Gasteiger partial charge in [-0.1, -0.05) is 28.1 Å². The van der Waals surface area contributed by atoms with Crippen molar-refractivity contribution in [3.63, 3.8) is 0 Å². The highest BCUT2D eigenvalue weighted by atomic mass is 79.9. The lowest BCUT2D eigenvalue weighted by molar-refractivity contribution is -0.145. The quantitative estimate of drug-likeness (QED) is 0.461. The number of hydrogen-bond donors (Lipinski definition) is 0. The van der Waals surface area contributed by atoms with Gasteiger partial charge in [0.15, 0.2) is 0 Å². The van der Waals surface area contributed by atoms with E-state index in [-0.39, 0.29) is 12.2 Å². The molecular formula is C13H15BrO3. The third-order valence-electron chi connectivity index (χ3n) is 2.18. The first-order valence-electron chi connectivity index (χ1n) is 5.47. The molecule has 0 aromatic heterocycles. The Morgan fingerprint density at radius 3 is 2.47 bits per heavy atom. The molecule has 0 amide bonds. The Morgan fingerprint density at radius 2 is 1.88 bits per heavy atom. The van der Waals surface area contributed by atoms with Gasteiger partial charge >= 0.3 is 5.97 Å². The van der Waals surface area contributed by atoms with Crippen LogP contribution in [0, 0.1) is 0 Å². The molecule has 0 heterocycles. The van der Waals surface area contributed by atoms with E-state index in [1.807, 2.05) is 24.3 Å². The molecule has 0 aliphatic carbocycles. The van der Waals surface area contributed by atoms with Crippen molar-refractivity contribution in [2.24, 2.45) is 0 Å². The van der Waals surface area contributed by atoms with Gasteiger partial charge in [0.2, 0.25) is 0 Å². The molecule has 0 fully saturated rings. The highest BCUT2D eigenvalue weighted by Crippen LogP contribution is 2.11. The fourth-order valence-electron chi connectivity index (χ4n) is 1.37. The van der Waals surface area contributed by atoms with Gasteiger partial charge in [0, 0.05) is 4.47 Å². The Kier molecular flexibility index (Phi) is 5.91. The molecule has 0 unspecified atom stereocenters. The van der Waals surface area contributed by atoms with Crippen LogP contribution in [0.25, 0.3) is 0 Å². The highest BCUT2D eigenvalue weighted by molar-refractivity contribution is 9.10. The Bertz CT molecular complexity index is 384. The van der Waals surface area contributed by atoms with Crippen molar-refractivity contribution >= 4 is 27.7 Å². The molecule has 17 heavy (non-hydrogen) atoms. The van der Waals surface area contributed by atoms with E-state index >= 15 is 0 Å². The lowest BCUT2D eigenvalue weighted by Gasteiger charge is -2.04. The van der Waals surface area contributed by atoms with Crippen LogP contribution in [0.1, 0.15) is 25.3 Å². The topological polar surface area (TPSA) is 43.4 Å². The van der Waals surface area contributed by atoms with Crippen LogP contribution in [0.15, 0.2) is 28.7 Å². The summed E-state index contributed by atoms with van der Waals surface area (Å²) < 4.78 is 5.98. The Morgan fingerprint density at radius 1 is 1.24 bits per heavy atom. The van der Waals surface area contributed by atoms with Crippen molar-refractivity contribution in [2.75, 3.05) is 6.61 Å². The molecule has 0 bridgehead atoms. The van der Waals surface area contributed by atoms with Crippen LogP contribution in [-0.2, 0) is 20.7 Å². The summed E-state index contributed by atoms with van der Waals surface area (Å²) >= 11 is 3.37. The van der Waals surface area contributed by atoms with Crippen LogP contribution in [-0.4, -0.2) is 18.4 Å². The average molecular weight is 299 g/mol. The van der Waals surface area contributed by atoms with E-state index in [1.54, 1.807) is 0 Å². The standard InChI is InChI=1S/C13H15BrO3/c1-10(15)9-13(16)17-8-2-3-11-4-6-12(14)7-5-11/h4-7H,2-3,8-9H2,1H3. The number of benzene rings is 1. The minimum absolute atomic E-state index is 0.127. The van der Waals surface area contributed by atoms with Crippen LogP contribution in [0.5, 0.6) is 0 Å². The maximum absolute atomic E-state index is 11.1. The van der Waals surface area contributed by atoms with E-state index < -0.39 is 5.97 Å². The number of hydrogen-bond acceptors (Lipinski definition) is 3. The zero-order chi connectivity index (χ0) is 12.7. The zero-order valence-electron chi connectivity index (χ0n) is 9.74. The molecular weight excluding hydrogens is 284 g/mol. The predicted molar refractivity (Wildman–Crippen MR) is 68.7 cm³/mol. The number of carbonyl (C=O) groups is 2. The van der Waals surface area contributed by atoms with Crippen LogP contribution >= 0.6 is 15.9 Å². The second-order valence-corrected chi connectivity index (χ2v) is 4.74. The fourth-order valence-corrected chi connectivity index (χ4v) is 1.63. The van der Waals surface area contributed by atoms with Gasteiger partial charge in [-0.2, -0.15) is 0 Å². The number of ketones is 1. The predicted octanol–water partition coefficient (Wildman–Crippen LogP) is 2.90. The summed E-state index contributed by atoms with van der Waals surface area (Å²) in [4.78, 5) is 21.7. The second-order valence-electron chi connectivity index (χ2n) is 3.83. The molecule has 4 heteroatoms. The lowest BCUT2D eigenvalue weighted by atomic mass is 10.1. The van der Waals surface area contributed by atoms with Gasteiger partial charge in [0.1, 0.15) is 12.2 Å². The Balaban J connectivity index is 2.18. The normalized spacial score (nSPS) is 10.0. The first-order valence-corrected chi connectivity index (χ1v) is 6.27. The van der Waals surface area contributed by atoms with Gasteiger partial charge in [-0.25, -0.2) is 0 Å². The molecule has 0 radical (unpaired) electrons. The molecule has 1 aromatic carbocycles. The van der Waals surface area contributed by atoms with E-state index in [4.69, 9.17) is 4.74 Å². The van der Waals surface area contributed by atoms with Crippen LogP contribution < -0.4 is 0 Å². The van der Waals surface area contributed by atoms with Crippen LogP contribution in [0.3, 0.4) is 0 Å². The molecule has 0 N–H and O–H groups in total. The zero-order valence-corrected chi connectivity index (χ0v) is 11.3. The van der Waals surface area contributed by atoms with E-state index in [0.717, 1.165) is 17.3 Å². The van der Waals surface area contributed by atoms with Gasteiger partial charge in [0.05, 0.1) is 6.61 Å². The number of rotatable bonds is 6. The van der Waals surface area contributed by atoms with Crippen molar-refractivity contribution in [1.29, 1.82) is 0 Å². The summed E-state index contributed by atoms with van der Waals surface area (Å²) in [6.07, 6.45) is 1.50. The summed E-state index contributed by atoms with van der Waals surface area (Å²) in [5.41, 5.74) is 1.20. The number of Topliss-reactive ketones (excluding diaryl/α,β-unsaturated/α-hetero) is 1. The summed E-state index contributed by atoms with van der Waals surface area (Å²) in [5, 5.41) is 0. The largest absolute Gasteiger partial charge is 0.465 e. The van der Waals surface area contributed by atoms with Gasteiger partial charge in [0.25, 0.3) is 0 Å². The third-order valence-corrected chi connectivity index (χ3v) is 2.71. The summed E-state index contributed by atoms with van der Waals surface area (Å²) in [6.45, 7) is 1.74. The van der Waals surface area contributed by atoms with Crippen LogP contribution in [0.2, 0.25) is 0 Å². The first kappa shape index (κ1) is 13.9. The van der Waals surface area contributed by atoms with Crippen molar-refractivity contribution in [3.05, 3.63) is 34.3 Å². The molecule has 0 spiro atoms. The smallest absolute Gasteiger partial charge is 0.313 e. The second kappa shape index (κ2) is 7.22. The van der Waals surface area contributed by atoms with Crippen molar-refractivity contribution < 1.29 is 14.3 Å². The average Bonchev–Trinajstić information content (AvgIpc) is 2.26. The minimum Gasteiger partial charge on any atom is -0.465 e. The van der Waals surface area contributed by atoms with Crippen molar-refractivity contribution in [3.8, 4) is 0 Å². The number of aryl methyl sites for hydroxylation is 1. The molecule has 0 saturated heterocycles. The maximum Gasteiger partial charge on any atom is 0.313 e. The summed E-state index contributed by atoms with van der Waals surface area (Å²) in [7, 11) is 0. The summed E-state index contributed by atoms with van der Waals surface area (Å²) in [6, 6.07) is 8.02. The number of ether oxygens (including phenoxy) is 1. The van der Waals surface area contributed by atoms with Crippen molar-refractivity contribution in [2.45, 2.75) is 26.2 Å². The molecule has 92 valence electrons. The van der Waals surface area contributed by atoms with Gasteiger partial charge < -0.3 is 4.74 Å². The third kappa shape index (κ3) is 6.22. The van der Waals surface area contributed by atoms with E-state index in [1.165, 1.54) is 12.5 Å². The minimum atomic E-state index is -0.437. The lowest BCUT2D eigenvalue weighted by Crippen LogP contribution is -2.10. The SMILES string of the molecule is CC(=O)CC(=O)OCCCc1ccc(Br)cc1. The molecule has 0 saturated carbocycles. The maximum atomic E-state index is 11.1. The monoisotopic (exact) mass is 298 g/mol. The fraction of sp³-hybridized carbons (Fsp3) is 0.385. The number of halogens is 1. The molecule has 1 rings (SSSR count). The molecule has 0 aliphatic rings. The van der Waals surface area contributed by atoms with Gasteiger partial charge in [-0.15, -0.1) is 0 Å². The highest BCUT2D eigenvalue weighted by Gasteiger charge is 2.05. The molecule has 0 atom stereocenters. The van der Waals surface area contributed by atoms with E-state index in [0.29, 0.717) is 6.61 Å². The molecule has 3 nitrogen and oxygen atoms in total. The van der Waals surface area contributed by atoms with Gasteiger partial charge in [-0.05, 0) is 37.5 Å². The van der Waals surface area contributed by atoms with E-state index in [2.05, 4.69) is 15.9 Å². The van der Waals surface area contributed by atoms with Gasteiger partial charge in [-0.3, -0.25) is 9.59 Å². The van der Waals surface area contributed by atoms with Crippen molar-refractivity contribution in [1.82, 2.24) is 0 Å². The molecule has 0 aliphatic heterocycles. The number of esters is 1.